The number of nitrogens with one attached hydrogen (secondary N) is 1. The lowest BCUT2D eigenvalue weighted by molar-refractivity contribution is 0.0636. The van der Waals surface area contributed by atoms with E-state index >= 15 is 0 Å². The predicted octanol–water partition coefficient (Wildman–Crippen LogP) is 4.27. The standard InChI is InChI=1S/C20H22N2O2.C2H6/c1-2-8-16(21-13-15-9-4-3-5-10-15)14-22-19(23)17-11-6-7-12-18(17)20(22)24;1-2/h3-7,9-12,16,21H,2,8,13-14H2,1H3;1-2H3/t16-;/m1./s1. The number of fused-ring (bicyclic) bond motifs is 1. The average molecular weight is 352 g/mol. The molecule has 26 heavy (non-hydrogen) atoms. The normalized spacial score (nSPS) is 13.9. The van der Waals surface area contributed by atoms with Gasteiger partial charge >= 0.3 is 0 Å². The molecule has 2 aromatic carbocycles. The predicted molar refractivity (Wildman–Crippen MR) is 105 cm³/mol. The van der Waals surface area contributed by atoms with Crippen molar-refractivity contribution < 1.29 is 9.59 Å². The van der Waals surface area contributed by atoms with Crippen molar-refractivity contribution >= 4 is 11.8 Å². The van der Waals surface area contributed by atoms with Crippen LogP contribution in [-0.2, 0) is 6.54 Å². The van der Waals surface area contributed by atoms with E-state index in [1.54, 1.807) is 24.3 Å². The minimum atomic E-state index is -0.182. The Morgan fingerprint density at radius 2 is 1.42 bits per heavy atom. The molecule has 0 aromatic heterocycles. The molecule has 1 heterocycles. The molecule has 0 unspecified atom stereocenters. The molecule has 0 radical (unpaired) electrons. The molecule has 1 atom stereocenters. The minimum absolute atomic E-state index is 0.0948. The zero-order valence-electron chi connectivity index (χ0n) is 15.9. The molecule has 138 valence electrons. The van der Waals surface area contributed by atoms with Crippen molar-refractivity contribution in [1.82, 2.24) is 10.2 Å². The summed E-state index contributed by atoms with van der Waals surface area (Å²) < 4.78 is 0. The second-order valence-corrected chi connectivity index (χ2v) is 6.12. The van der Waals surface area contributed by atoms with Gasteiger partial charge in [-0.1, -0.05) is 69.7 Å². The largest absolute Gasteiger partial charge is 0.308 e. The first-order valence-corrected chi connectivity index (χ1v) is 9.43. The molecule has 0 fully saturated rings. The smallest absolute Gasteiger partial charge is 0.261 e. The van der Waals surface area contributed by atoms with Crippen LogP contribution in [0.25, 0.3) is 0 Å². The first-order valence-electron chi connectivity index (χ1n) is 9.43. The van der Waals surface area contributed by atoms with E-state index in [-0.39, 0.29) is 17.9 Å². The van der Waals surface area contributed by atoms with Gasteiger partial charge in [0, 0.05) is 19.1 Å². The maximum atomic E-state index is 12.5. The van der Waals surface area contributed by atoms with Gasteiger partial charge in [0.15, 0.2) is 0 Å². The number of hydrogen-bond acceptors (Lipinski definition) is 3. The third-order valence-electron chi connectivity index (χ3n) is 4.36. The van der Waals surface area contributed by atoms with Gasteiger partial charge in [-0.05, 0) is 24.1 Å². The summed E-state index contributed by atoms with van der Waals surface area (Å²) in [5.41, 5.74) is 2.22. The van der Waals surface area contributed by atoms with Crippen molar-refractivity contribution in [3.8, 4) is 0 Å². The quantitative estimate of drug-likeness (QED) is 0.757. The maximum absolute atomic E-state index is 12.5. The van der Waals surface area contributed by atoms with E-state index in [0.29, 0.717) is 17.7 Å². The number of benzene rings is 2. The third-order valence-corrected chi connectivity index (χ3v) is 4.36. The van der Waals surface area contributed by atoms with E-state index in [2.05, 4.69) is 24.4 Å². The average Bonchev–Trinajstić information content (AvgIpc) is 2.94. The summed E-state index contributed by atoms with van der Waals surface area (Å²) in [6.45, 7) is 7.25. The molecule has 0 saturated heterocycles. The van der Waals surface area contributed by atoms with Crippen molar-refractivity contribution in [3.05, 3.63) is 71.3 Å². The Morgan fingerprint density at radius 3 is 1.96 bits per heavy atom. The molecule has 4 heteroatoms. The van der Waals surface area contributed by atoms with E-state index in [9.17, 15) is 9.59 Å². The fraction of sp³-hybridized carbons (Fsp3) is 0.364. The van der Waals surface area contributed by atoms with Crippen LogP contribution in [0.2, 0.25) is 0 Å². The van der Waals surface area contributed by atoms with Gasteiger partial charge in [-0.2, -0.15) is 0 Å². The van der Waals surface area contributed by atoms with Crippen LogP contribution in [0.15, 0.2) is 54.6 Å². The van der Waals surface area contributed by atoms with Gasteiger partial charge in [0.2, 0.25) is 0 Å². The molecular weight excluding hydrogens is 324 g/mol. The van der Waals surface area contributed by atoms with Gasteiger partial charge in [-0.3, -0.25) is 14.5 Å². The van der Waals surface area contributed by atoms with Gasteiger partial charge < -0.3 is 5.32 Å². The fourth-order valence-corrected chi connectivity index (χ4v) is 3.09. The fourth-order valence-electron chi connectivity index (χ4n) is 3.09. The summed E-state index contributed by atoms with van der Waals surface area (Å²) in [4.78, 5) is 26.4. The Bertz CT molecular complexity index is 693. The van der Waals surface area contributed by atoms with Gasteiger partial charge in [0.05, 0.1) is 11.1 Å². The SMILES string of the molecule is CC.CCC[C@H](CN1C(=O)c2ccccc2C1=O)NCc1ccccc1. The van der Waals surface area contributed by atoms with Crippen LogP contribution in [0.3, 0.4) is 0 Å². The zero-order chi connectivity index (χ0) is 18.9. The highest BCUT2D eigenvalue weighted by molar-refractivity contribution is 6.21. The maximum Gasteiger partial charge on any atom is 0.261 e. The molecule has 1 N–H and O–H groups in total. The van der Waals surface area contributed by atoms with E-state index < -0.39 is 0 Å². The molecule has 0 saturated carbocycles. The van der Waals surface area contributed by atoms with Crippen molar-refractivity contribution in [2.24, 2.45) is 0 Å². The highest BCUT2D eigenvalue weighted by Crippen LogP contribution is 2.23. The summed E-state index contributed by atoms with van der Waals surface area (Å²) in [6, 6.07) is 17.3. The van der Waals surface area contributed by atoms with Crippen LogP contribution in [0.5, 0.6) is 0 Å². The van der Waals surface area contributed by atoms with Crippen molar-refractivity contribution in [1.29, 1.82) is 0 Å². The molecule has 3 rings (SSSR count). The van der Waals surface area contributed by atoms with E-state index in [0.717, 1.165) is 19.4 Å². The van der Waals surface area contributed by atoms with Crippen molar-refractivity contribution in [3.63, 3.8) is 0 Å². The van der Waals surface area contributed by atoms with Crippen LogP contribution in [0.1, 0.15) is 59.9 Å². The van der Waals surface area contributed by atoms with Crippen molar-refractivity contribution in [2.45, 2.75) is 46.2 Å². The lowest BCUT2D eigenvalue weighted by atomic mass is 10.1. The number of rotatable bonds is 7. The number of amides is 2. The number of carbonyl (C=O) groups excluding carboxylic acids is 2. The van der Waals surface area contributed by atoms with E-state index in [1.165, 1.54) is 10.5 Å². The molecule has 1 aliphatic heterocycles. The molecule has 2 amide bonds. The first kappa shape index (κ1) is 19.9. The minimum Gasteiger partial charge on any atom is -0.308 e. The van der Waals surface area contributed by atoms with Crippen LogP contribution >= 0.6 is 0 Å². The topological polar surface area (TPSA) is 49.4 Å². The molecule has 2 aromatic rings. The molecule has 4 nitrogen and oxygen atoms in total. The monoisotopic (exact) mass is 352 g/mol. The van der Waals surface area contributed by atoms with Gasteiger partial charge in [0.1, 0.15) is 0 Å². The van der Waals surface area contributed by atoms with Crippen LogP contribution in [0, 0.1) is 0 Å². The van der Waals surface area contributed by atoms with Gasteiger partial charge in [-0.15, -0.1) is 0 Å². The third kappa shape index (κ3) is 4.58. The Hall–Kier alpha value is -2.46. The molecule has 0 aliphatic carbocycles. The lowest BCUT2D eigenvalue weighted by Gasteiger charge is -2.23. The second kappa shape index (κ2) is 9.88. The summed E-state index contributed by atoms with van der Waals surface area (Å²) in [6.07, 6.45) is 1.91. The number of carbonyl (C=O) groups is 2. The summed E-state index contributed by atoms with van der Waals surface area (Å²) in [5, 5.41) is 3.49. The Kier molecular flexibility index (Phi) is 7.54. The summed E-state index contributed by atoms with van der Waals surface area (Å²) >= 11 is 0. The number of nitrogens with zero attached hydrogens (tertiary/aromatic N) is 1. The van der Waals surface area contributed by atoms with Crippen LogP contribution < -0.4 is 5.32 Å². The Morgan fingerprint density at radius 1 is 0.885 bits per heavy atom. The van der Waals surface area contributed by atoms with Gasteiger partial charge in [-0.25, -0.2) is 0 Å². The second-order valence-electron chi connectivity index (χ2n) is 6.12. The highest BCUT2D eigenvalue weighted by atomic mass is 16.2. The molecule has 0 bridgehead atoms. The van der Waals surface area contributed by atoms with Crippen molar-refractivity contribution in [2.75, 3.05) is 6.54 Å². The summed E-state index contributed by atoms with van der Waals surface area (Å²) in [7, 11) is 0. The molecule has 1 aliphatic rings. The Balaban J connectivity index is 0.00000117. The molecule has 0 spiro atoms. The van der Waals surface area contributed by atoms with E-state index in [4.69, 9.17) is 0 Å². The van der Waals surface area contributed by atoms with Crippen LogP contribution in [0.4, 0.5) is 0 Å². The summed E-state index contributed by atoms with van der Waals surface area (Å²) in [5.74, 6) is -0.364. The van der Waals surface area contributed by atoms with Crippen LogP contribution in [-0.4, -0.2) is 29.3 Å². The molecular formula is C22H28N2O2. The highest BCUT2D eigenvalue weighted by Gasteiger charge is 2.36. The van der Waals surface area contributed by atoms with E-state index in [1.807, 2.05) is 32.0 Å². The number of hydrogen-bond donors (Lipinski definition) is 1. The Labute approximate surface area is 156 Å². The van der Waals surface area contributed by atoms with Gasteiger partial charge in [0.25, 0.3) is 11.8 Å². The zero-order valence-corrected chi connectivity index (χ0v) is 15.9. The first-order chi connectivity index (χ1) is 12.7. The lowest BCUT2D eigenvalue weighted by Crippen LogP contribution is -2.43. The number of imide groups is 1.